The number of hydrogen-bond acceptors (Lipinski definition) is 4. The molecular formula is C17H16BrN3O3. The minimum absolute atomic E-state index is 0.0841. The maximum atomic E-state index is 13.1. The molecule has 124 valence electrons. The van der Waals surface area contributed by atoms with E-state index in [9.17, 15) is 14.9 Å². The topological polar surface area (TPSA) is 66.7 Å². The summed E-state index contributed by atoms with van der Waals surface area (Å²) in [5.74, 6) is -0.219. The molecule has 2 aromatic carbocycles. The Morgan fingerprint density at radius 3 is 2.67 bits per heavy atom. The zero-order valence-electron chi connectivity index (χ0n) is 13.3. The van der Waals surface area contributed by atoms with Crippen LogP contribution >= 0.6 is 15.9 Å². The molecule has 24 heavy (non-hydrogen) atoms. The number of carbonyl (C=O) groups is 1. The van der Waals surface area contributed by atoms with E-state index in [-0.39, 0.29) is 11.6 Å². The zero-order chi connectivity index (χ0) is 17.4. The molecule has 1 aliphatic heterocycles. The largest absolute Gasteiger partial charge is 0.377 e. The van der Waals surface area contributed by atoms with Crippen molar-refractivity contribution < 1.29 is 9.72 Å². The van der Waals surface area contributed by atoms with Gasteiger partial charge in [0, 0.05) is 48.6 Å². The lowest BCUT2D eigenvalue weighted by Gasteiger charge is -2.22. The summed E-state index contributed by atoms with van der Waals surface area (Å²) in [4.78, 5) is 27.1. The van der Waals surface area contributed by atoms with Gasteiger partial charge in [0.25, 0.3) is 11.6 Å². The smallest absolute Gasteiger partial charge is 0.270 e. The molecule has 1 heterocycles. The van der Waals surface area contributed by atoms with Crippen LogP contribution in [0.25, 0.3) is 0 Å². The Balaban J connectivity index is 2.05. The molecule has 3 rings (SSSR count). The first-order chi connectivity index (χ1) is 11.4. The van der Waals surface area contributed by atoms with E-state index < -0.39 is 4.92 Å². The van der Waals surface area contributed by atoms with E-state index in [1.54, 1.807) is 15.9 Å². The van der Waals surface area contributed by atoms with Gasteiger partial charge in [-0.25, -0.2) is 0 Å². The van der Waals surface area contributed by atoms with Gasteiger partial charge in [-0.1, -0.05) is 15.9 Å². The first kappa shape index (κ1) is 16.4. The number of benzene rings is 2. The van der Waals surface area contributed by atoms with Crippen LogP contribution in [-0.4, -0.2) is 31.5 Å². The summed E-state index contributed by atoms with van der Waals surface area (Å²) in [6, 6.07) is 10.2. The Bertz CT molecular complexity index is 836. The van der Waals surface area contributed by atoms with E-state index in [0.717, 1.165) is 22.1 Å². The number of non-ortho nitro benzene ring substituents is 1. The van der Waals surface area contributed by atoms with Gasteiger partial charge in [0.15, 0.2) is 0 Å². The summed E-state index contributed by atoms with van der Waals surface area (Å²) in [5, 5.41) is 11.1. The van der Waals surface area contributed by atoms with Gasteiger partial charge < -0.3 is 9.80 Å². The van der Waals surface area contributed by atoms with E-state index in [1.807, 2.05) is 32.3 Å². The van der Waals surface area contributed by atoms with E-state index in [2.05, 4.69) is 15.9 Å². The summed E-state index contributed by atoms with van der Waals surface area (Å²) in [6.45, 7) is 0.570. The van der Waals surface area contributed by atoms with E-state index in [1.165, 1.54) is 12.1 Å². The maximum absolute atomic E-state index is 13.1. The van der Waals surface area contributed by atoms with E-state index in [0.29, 0.717) is 17.8 Å². The Morgan fingerprint density at radius 2 is 2.00 bits per heavy atom. The zero-order valence-corrected chi connectivity index (χ0v) is 14.9. The van der Waals surface area contributed by atoms with Crippen LogP contribution in [0.5, 0.6) is 0 Å². The highest BCUT2D eigenvalue weighted by Gasteiger charge is 2.28. The second-order valence-corrected chi connectivity index (χ2v) is 6.75. The van der Waals surface area contributed by atoms with Crippen LogP contribution in [0.2, 0.25) is 0 Å². The van der Waals surface area contributed by atoms with Crippen LogP contribution < -0.4 is 9.80 Å². The van der Waals surface area contributed by atoms with Crippen LogP contribution in [0.4, 0.5) is 17.1 Å². The molecule has 0 aliphatic carbocycles. The molecule has 2 aromatic rings. The van der Waals surface area contributed by atoms with Gasteiger partial charge >= 0.3 is 0 Å². The first-order valence-corrected chi connectivity index (χ1v) is 8.24. The molecule has 1 amide bonds. The summed E-state index contributed by atoms with van der Waals surface area (Å²) < 4.78 is 0.972. The van der Waals surface area contributed by atoms with Crippen LogP contribution in [0, 0.1) is 10.1 Å². The fourth-order valence-electron chi connectivity index (χ4n) is 2.93. The van der Waals surface area contributed by atoms with Crippen molar-refractivity contribution in [2.75, 3.05) is 30.4 Å². The minimum atomic E-state index is -0.481. The fourth-order valence-corrected chi connectivity index (χ4v) is 3.33. The first-order valence-electron chi connectivity index (χ1n) is 7.44. The van der Waals surface area contributed by atoms with Gasteiger partial charge in [-0.2, -0.15) is 0 Å². The molecule has 0 saturated carbocycles. The lowest BCUT2D eigenvalue weighted by Crippen LogP contribution is -2.30. The van der Waals surface area contributed by atoms with Crippen LogP contribution in [0.15, 0.2) is 40.9 Å². The average Bonchev–Trinajstić information content (AvgIpc) is 2.96. The summed E-state index contributed by atoms with van der Waals surface area (Å²) in [6.07, 6.45) is 0.771. The third-order valence-corrected chi connectivity index (χ3v) is 4.58. The molecule has 0 aromatic heterocycles. The number of hydrogen-bond donors (Lipinski definition) is 0. The van der Waals surface area contributed by atoms with Gasteiger partial charge in [0.05, 0.1) is 10.5 Å². The predicted molar refractivity (Wildman–Crippen MR) is 96.9 cm³/mol. The molecule has 0 radical (unpaired) electrons. The van der Waals surface area contributed by atoms with E-state index in [4.69, 9.17) is 0 Å². The number of amides is 1. The molecule has 0 fully saturated rings. The van der Waals surface area contributed by atoms with Crippen LogP contribution in [-0.2, 0) is 6.42 Å². The third-order valence-electron chi connectivity index (χ3n) is 4.09. The number of nitrogens with zero attached hydrogens (tertiary/aromatic N) is 3. The fraction of sp³-hybridized carbons (Fsp3) is 0.235. The summed E-state index contributed by atoms with van der Waals surface area (Å²) >= 11 is 3.44. The van der Waals surface area contributed by atoms with Crippen LogP contribution in [0.1, 0.15) is 15.9 Å². The number of fused-ring (bicyclic) bond motifs is 1. The van der Waals surface area contributed by atoms with Crippen molar-refractivity contribution in [3.05, 3.63) is 62.1 Å². The summed E-state index contributed by atoms with van der Waals surface area (Å²) in [7, 11) is 3.62. The molecule has 0 atom stereocenters. The quantitative estimate of drug-likeness (QED) is 0.593. The molecule has 6 nitrogen and oxygen atoms in total. The van der Waals surface area contributed by atoms with Gasteiger partial charge in [-0.15, -0.1) is 0 Å². The number of anilines is 2. The highest BCUT2D eigenvalue weighted by atomic mass is 79.9. The van der Waals surface area contributed by atoms with Crippen molar-refractivity contribution in [3.8, 4) is 0 Å². The number of halogens is 1. The van der Waals surface area contributed by atoms with Gasteiger partial charge in [0.1, 0.15) is 0 Å². The SMILES string of the molecule is CN(C)c1ccc([N+](=O)[O-])cc1C(=O)N1CCc2cc(Br)ccc21. The van der Waals surface area contributed by atoms with Crippen molar-refractivity contribution in [3.63, 3.8) is 0 Å². The second kappa shape index (κ2) is 6.24. The monoisotopic (exact) mass is 389 g/mol. The minimum Gasteiger partial charge on any atom is -0.377 e. The number of carbonyl (C=O) groups excluding carboxylic acids is 1. The molecule has 7 heteroatoms. The predicted octanol–water partition coefficient (Wildman–Crippen LogP) is 3.63. The molecule has 0 unspecified atom stereocenters. The molecule has 0 N–H and O–H groups in total. The van der Waals surface area contributed by atoms with Crippen molar-refractivity contribution in [2.24, 2.45) is 0 Å². The Kier molecular flexibility index (Phi) is 4.28. The standard InChI is InChI=1S/C17H16BrN3O3/c1-19(2)16-6-4-13(21(23)24)10-14(16)17(22)20-8-7-11-9-12(18)3-5-15(11)20/h3-6,9-10H,7-8H2,1-2H3. The second-order valence-electron chi connectivity index (χ2n) is 5.83. The third kappa shape index (κ3) is 2.87. The maximum Gasteiger partial charge on any atom is 0.270 e. The number of nitro benzene ring substituents is 1. The van der Waals surface area contributed by atoms with Gasteiger partial charge in [-0.05, 0) is 36.2 Å². The Labute approximate surface area is 148 Å². The normalized spacial score (nSPS) is 12.9. The van der Waals surface area contributed by atoms with Crippen molar-refractivity contribution in [1.29, 1.82) is 0 Å². The van der Waals surface area contributed by atoms with E-state index >= 15 is 0 Å². The molecule has 0 spiro atoms. The molecule has 0 bridgehead atoms. The van der Waals surface area contributed by atoms with Crippen molar-refractivity contribution >= 4 is 38.9 Å². The molecular weight excluding hydrogens is 374 g/mol. The van der Waals surface area contributed by atoms with Gasteiger partial charge in [0.2, 0.25) is 0 Å². The lowest BCUT2D eigenvalue weighted by molar-refractivity contribution is -0.384. The Hall–Kier alpha value is -2.41. The molecule has 0 saturated heterocycles. The van der Waals surface area contributed by atoms with Gasteiger partial charge in [-0.3, -0.25) is 14.9 Å². The lowest BCUT2D eigenvalue weighted by atomic mass is 10.1. The summed E-state index contributed by atoms with van der Waals surface area (Å²) in [5.41, 5.74) is 2.87. The van der Waals surface area contributed by atoms with Crippen molar-refractivity contribution in [2.45, 2.75) is 6.42 Å². The van der Waals surface area contributed by atoms with Crippen LogP contribution in [0.3, 0.4) is 0 Å². The Morgan fingerprint density at radius 1 is 1.25 bits per heavy atom. The number of nitro groups is 1. The number of rotatable bonds is 3. The van der Waals surface area contributed by atoms with Crippen molar-refractivity contribution in [1.82, 2.24) is 0 Å². The average molecular weight is 390 g/mol. The highest BCUT2D eigenvalue weighted by molar-refractivity contribution is 9.10. The molecule has 1 aliphatic rings. The highest BCUT2D eigenvalue weighted by Crippen LogP contribution is 2.34.